The second-order valence-electron chi connectivity index (χ2n) is 5.39. The molecule has 0 fully saturated rings. The fourth-order valence-corrected chi connectivity index (χ4v) is 2.85. The molecular weight excluding hydrogens is 343 g/mol. The number of hydrazone groups is 1. The number of aryl methyl sites for hydroxylation is 1. The second kappa shape index (κ2) is 6.10. The predicted molar refractivity (Wildman–Crippen MR) is 96.4 cm³/mol. The van der Waals surface area contributed by atoms with Gasteiger partial charge in [-0.25, -0.2) is 9.82 Å². The van der Waals surface area contributed by atoms with Crippen molar-refractivity contribution in [2.45, 2.75) is 0 Å². The molecule has 0 aliphatic rings. The Morgan fingerprint density at radius 3 is 2.84 bits per heavy atom. The highest BCUT2D eigenvalue weighted by Crippen LogP contribution is 2.24. The summed E-state index contributed by atoms with van der Waals surface area (Å²) in [5.41, 5.74) is 5.25. The summed E-state index contributed by atoms with van der Waals surface area (Å²) in [5.74, 6) is -0.247. The number of aromatic nitrogens is 4. The minimum absolute atomic E-state index is 0.190. The Morgan fingerprint density at radius 1 is 1.16 bits per heavy atom. The van der Waals surface area contributed by atoms with Gasteiger partial charge in [0, 0.05) is 18.0 Å². The first kappa shape index (κ1) is 15.5. The van der Waals surface area contributed by atoms with Crippen molar-refractivity contribution in [3.63, 3.8) is 0 Å². The molecule has 1 N–H and O–H groups in total. The third kappa shape index (κ3) is 2.68. The summed E-state index contributed by atoms with van der Waals surface area (Å²) in [5, 5.41) is 13.4. The second-order valence-corrected chi connectivity index (χ2v) is 5.80. The Kier molecular flexibility index (Phi) is 3.77. The Morgan fingerprint density at radius 2 is 2.00 bits per heavy atom. The highest BCUT2D eigenvalue weighted by Gasteiger charge is 2.11. The quantitative estimate of drug-likeness (QED) is 0.449. The molecule has 2 heterocycles. The van der Waals surface area contributed by atoms with Gasteiger partial charge in [0.15, 0.2) is 5.65 Å². The summed E-state index contributed by atoms with van der Waals surface area (Å²) < 4.78 is 15.6. The average Bonchev–Trinajstić information content (AvgIpc) is 2.90. The molecule has 124 valence electrons. The van der Waals surface area contributed by atoms with Gasteiger partial charge < -0.3 is 4.57 Å². The number of hydrogen-bond acceptors (Lipinski definition) is 5. The van der Waals surface area contributed by atoms with Gasteiger partial charge in [0.25, 0.3) is 5.95 Å². The standard InChI is InChI=1S/C17H12ClFN6/c1-25-14-8-3-2-5-10(14)15-16(25)21-17(24-22-15)23-20-9-11-12(18)6-4-7-13(11)19/h2-9H,1H3,(H,21,23,24)/b20-9+. The maximum Gasteiger partial charge on any atom is 0.265 e. The molecule has 0 radical (unpaired) electrons. The minimum Gasteiger partial charge on any atom is -0.327 e. The van der Waals surface area contributed by atoms with E-state index < -0.39 is 5.82 Å². The molecule has 0 aliphatic heterocycles. The van der Waals surface area contributed by atoms with Crippen LogP contribution < -0.4 is 5.43 Å². The van der Waals surface area contributed by atoms with Gasteiger partial charge in [-0.15, -0.1) is 10.2 Å². The molecule has 0 spiro atoms. The molecule has 0 aliphatic carbocycles. The lowest BCUT2D eigenvalue weighted by Gasteiger charge is -2.01. The van der Waals surface area contributed by atoms with E-state index in [1.54, 1.807) is 6.07 Å². The molecule has 0 saturated heterocycles. The van der Waals surface area contributed by atoms with Gasteiger partial charge >= 0.3 is 0 Å². The van der Waals surface area contributed by atoms with Crippen molar-refractivity contribution < 1.29 is 4.39 Å². The number of hydrogen-bond donors (Lipinski definition) is 1. The van der Waals surface area contributed by atoms with Gasteiger partial charge in [-0.05, 0) is 18.2 Å². The summed E-state index contributed by atoms with van der Waals surface area (Å²) in [4.78, 5) is 4.43. The monoisotopic (exact) mass is 354 g/mol. The lowest BCUT2D eigenvalue weighted by atomic mass is 10.2. The van der Waals surface area contributed by atoms with E-state index in [1.165, 1.54) is 18.3 Å². The Labute approximate surface area is 147 Å². The molecule has 8 heteroatoms. The molecule has 0 bridgehead atoms. The van der Waals surface area contributed by atoms with Crippen LogP contribution in [0.15, 0.2) is 47.6 Å². The molecule has 4 aromatic rings. The first-order valence-electron chi connectivity index (χ1n) is 7.46. The van der Waals surface area contributed by atoms with Gasteiger partial charge in [-0.3, -0.25) is 0 Å². The van der Waals surface area contributed by atoms with E-state index in [-0.39, 0.29) is 16.5 Å². The van der Waals surface area contributed by atoms with Gasteiger partial charge in [0.2, 0.25) is 0 Å². The fraction of sp³-hybridized carbons (Fsp3) is 0.0588. The number of fused-ring (bicyclic) bond motifs is 3. The van der Waals surface area contributed by atoms with Crippen molar-refractivity contribution in [3.05, 3.63) is 58.9 Å². The van der Waals surface area contributed by atoms with E-state index in [0.29, 0.717) is 11.2 Å². The summed E-state index contributed by atoms with van der Waals surface area (Å²) in [7, 11) is 1.91. The zero-order valence-electron chi connectivity index (χ0n) is 13.1. The number of nitrogens with zero attached hydrogens (tertiary/aromatic N) is 5. The van der Waals surface area contributed by atoms with E-state index in [0.717, 1.165) is 10.9 Å². The third-order valence-electron chi connectivity index (χ3n) is 3.86. The third-order valence-corrected chi connectivity index (χ3v) is 4.19. The normalized spacial score (nSPS) is 11.6. The molecule has 4 rings (SSSR count). The zero-order valence-corrected chi connectivity index (χ0v) is 13.9. The molecule has 6 nitrogen and oxygen atoms in total. The zero-order chi connectivity index (χ0) is 17.4. The minimum atomic E-state index is -0.457. The lowest BCUT2D eigenvalue weighted by molar-refractivity contribution is 0.626. The van der Waals surface area contributed by atoms with Crippen LogP contribution in [0, 0.1) is 5.82 Å². The first-order chi connectivity index (χ1) is 12.1. The van der Waals surface area contributed by atoms with Crippen molar-refractivity contribution in [2.24, 2.45) is 12.1 Å². The van der Waals surface area contributed by atoms with Crippen LogP contribution in [0.3, 0.4) is 0 Å². The Bertz CT molecular complexity index is 1100. The van der Waals surface area contributed by atoms with E-state index in [2.05, 4.69) is 25.7 Å². The van der Waals surface area contributed by atoms with Crippen LogP contribution in [0.4, 0.5) is 10.3 Å². The summed E-state index contributed by atoms with van der Waals surface area (Å²) in [6.07, 6.45) is 1.28. The van der Waals surface area contributed by atoms with E-state index >= 15 is 0 Å². The smallest absolute Gasteiger partial charge is 0.265 e. The number of rotatable bonds is 3. The van der Waals surface area contributed by atoms with Crippen molar-refractivity contribution in [2.75, 3.05) is 5.43 Å². The summed E-state index contributed by atoms with van der Waals surface area (Å²) in [6.45, 7) is 0. The van der Waals surface area contributed by atoms with Gasteiger partial charge in [-0.2, -0.15) is 10.1 Å². The largest absolute Gasteiger partial charge is 0.327 e. The topological polar surface area (TPSA) is 68.0 Å². The van der Waals surface area contributed by atoms with Gasteiger partial charge in [0.1, 0.15) is 11.3 Å². The maximum absolute atomic E-state index is 13.7. The van der Waals surface area contributed by atoms with Crippen LogP contribution in [0.5, 0.6) is 0 Å². The van der Waals surface area contributed by atoms with Gasteiger partial charge in [-0.1, -0.05) is 35.9 Å². The van der Waals surface area contributed by atoms with E-state index in [1.807, 2.05) is 35.9 Å². The Balaban J connectivity index is 1.67. The van der Waals surface area contributed by atoms with Crippen LogP contribution in [-0.2, 0) is 7.05 Å². The lowest BCUT2D eigenvalue weighted by Crippen LogP contribution is -2.01. The molecule has 2 aromatic heterocycles. The predicted octanol–water partition coefficient (Wildman–Crippen LogP) is 3.76. The molecular formula is C17H12ClFN6. The van der Waals surface area contributed by atoms with Crippen LogP contribution >= 0.6 is 11.6 Å². The number of halogens is 2. The Hall–Kier alpha value is -3.06. The molecule has 0 atom stereocenters. The number of anilines is 1. The van der Waals surface area contributed by atoms with Crippen molar-refractivity contribution in [1.29, 1.82) is 0 Å². The van der Waals surface area contributed by atoms with Crippen molar-refractivity contribution in [3.8, 4) is 0 Å². The SMILES string of the molecule is Cn1c2ccccc2c2nnc(N/N=C/c3c(F)cccc3Cl)nc21. The molecule has 0 saturated carbocycles. The highest BCUT2D eigenvalue weighted by atomic mass is 35.5. The molecule has 25 heavy (non-hydrogen) atoms. The van der Waals surface area contributed by atoms with Crippen LogP contribution in [0.25, 0.3) is 22.1 Å². The fourth-order valence-electron chi connectivity index (χ4n) is 2.64. The van der Waals surface area contributed by atoms with Crippen LogP contribution in [0.1, 0.15) is 5.56 Å². The van der Waals surface area contributed by atoms with Gasteiger partial charge in [0.05, 0.1) is 16.8 Å². The number of benzene rings is 2. The summed E-state index contributed by atoms with van der Waals surface area (Å²) >= 11 is 5.95. The van der Waals surface area contributed by atoms with E-state index in [4.69, 9.17) is 11.6 Å². The molecule has 0 amide bonds. The maximum atomic E-state index is 13.7. The number of para-hydroxylation sites is 1. The number of nitrogens with one attached hydrogen (secondary N) is 1. The van der Waals surface area contributed by atoms with Crippen LogP contribution in [-0.4, -0.2) is 26.0 Å². The van der Waals surface area contributed by atoms with E-state index in [9.17, 15) is 4.39 Å². The van der Waals surface area contributed by atoms with Crippen molar-refractivity contribution >= 4 is 45.8 Å². The summed E-state index contributed by atoms with van der Waals surface area (Å²) in [6, 6.07) is 12.3. The molecule has 0 unspecified atom stereocenters. The van der Waals surface area contributed by atoms with Crippen LogP contribution in [0.2, 0.25) is 5.02 Å². The van der Waals surface area contributed by atoms with Crippen molar-refractivity contribution in [1.82, 2.24) is 19.7 Å². The highest BCUT2D eigenvalue weighted by molar-refractivity contribution is 6.33. The average molecular weight is 355 g/mol. The molecule has 2 aromatic carbocycles. The first-order valence-corrected chi connectivity index (χ1v) is 7.84.